The zero-order valence-corrected chi connectivity index (χ0v) is 8.16. The molecule has 2 aliphatic rings. The number of carboxylic acids is 1. The Hall–Kier alpha value is -1.06. The SMILES string of the molecule is O=C1CCCCN1C1(C(=O)O)CCC1. The number of hydrogen-bond donors (Lipinski definition) is 1. The van der Waals surface area contributed by atoms with Crippen LogP contribution < -0.4 is 0 Å². The normalized spacial score (nSPS) is 25.7. The molecule has 1 amide bonds. The van der Waals surface area contributed by atoms with Crippen molar-refractivity contribution in [1.29, 1.82) is 0 Å². The third-order valence-electron chi connectivity index (χ3n) is 3.42. The Labute approximate surface area is 82.9 Å². The van der Waals surface area contributed by atoms with Crippen molar-refractivity contribution in [1.82, 2.24) is 4.90 Å². The van der Waals surface area contributed by atoms with E-state index in [2.05, 4.69) is 0 Å². The van der Waals surface area contributed by atoms with Gasteiger partial charge in [-0.3, -0.25) is 4.79 Å². The topological polar surface area (TPSA) is 57.6 Å². The predicted molar refractivity (Wildman–Crippen MR) is 49.8 cm³/mol. The zero-order valence-electron chi connectivity index (χ0n) is 8.16. The molecule has 0 aromatic carbocycles. The summed E-state index contributed by atoms with van der Waals surface area (Å²) in [5, 5.41) is 9.16. The van der Waals surface area contributed by atoms with Crippen LogP contribution in [0.1, 0.15) is 38.5 Å². The maximum atomic E-state index is 11.6. The van der Waals surface area contributed by atoms with Crippen LogP contribution >= 0.6 is 0 Å². The number of amides is 1. The molecule has 14 heavy (non-hydrogen) atoms. The minimum atomic E-state index is -0.836. The molecule has 1 aliphatic carbocycles. The molecule has 0 spiro atoms. The molecule has 0 atom stereocenters. The molecule has 0 bridgehead atoms. The van der Waals surface area contributed by atoms with Gasteiger partial charge < -0.3 is 10.0 Å². The van der Waals surface area contributed by atoms with Crippen LogP contribution in [0, 0.1) is 0 Å². The van der Waals surface area contributed by atoms with E-state index >= 15 is 0 Å². The molecular formula is C10H15NO3. The number of carbonyl (C=O) groups is 2. The minimum absolute atomic E-state index is 0.0263. The van der Waals surface area contributed by atoms with Crippen molar-refractivity contribution in [2.24, 2.45) is 0 Å². The van der Waals surface area contributed by atoms with Gasteiger partial charge in [-0.05, 0) is 32.1 Å². The Morgan fingerprint density at radius 1 is 1.29 bits per heavy atom. The number of piperidine rings is 1. The van der Waals surface area contributed by atoms with Crippen LogP contribution in [0.2, 0.25) is 0 Å². The van der Waals surface area contributed by atoms with Crippen molar-refractivity contribution in [3.05, 3.63) is 0 Å². The number of carbonyl (C=O) groups excluding carboxylic acids is 1. The molecule has 0 aromatic rings. The molecule has 1 saturated carbocycles. The van der Waals surface area contributed by atoms with E-state index in [0.29, 0.717) is 25.8 Å². The molecule has 2 rings (SSSR count). The highest BCUT2D eigenvalue weighted by atomic mass is 16.4. The molecule has 2 fully saturated rings. The molecule has 1 aliphatic heterocycles. The number of hydrogen-bond acceptors (Lipinski definition) is 2. The fourth-order valence-corrected chi connectivity index (χ4v) is 2.37. The largest absolute Gasteiger partial charge is 0.479 e. The van der Waals surface area contributed by atoms with E-state index in [1.165, 1.54) is 0 Å². The molecular weight excluding hydrogens is 182 g/mol. The second kappa shape index (κ2) is 3.26. The molecule has 78 valence electrons. The first-order valence-corrected chi connectivity index (χ1v) is 5.21. The van der Waals surface area contributed by atoms with E-state index in [4.69, 9.17) is 5.11 Å². The second-order valence-electron chi connectivity index (χ2n) is 4.19. The van der Waals surface area contributed by atoms with Gasteiger partial charge in [0.2, 0.25) is 5.91 Å². The van der Waals surface area contributed by atoms with Gasteiger partial charge in [-0.15, -0.1) is 0 Å². The average Bonchev–Trinajstić information content (AvgIpc) is 2.05. The molecule has 1 saturated heterocycles. The van der Waals surface area contributed by atoms with Crippen LogP contribution in [0.5, 0.6) is 0 Å². The smallest absolute Gasteiger partial charge is 0.329 e. The Morgan fingerprint density at radius 2 is 2.00 bits per heavy atom. The standard InChI is InChI=1S/C10H15NO3/c12-8-4-1-2-7-11(8)10(9(13)14)5-3-6-10/h1-7H2,(H,13,14). The van der Waals surface area contributed by atoms with Crippen molar-refractivity contribution in [2.75, 3.05) is 6.54 Å². The van der Waals surface area contributed by atoms with Crippen LogP contribution in [0.25, 0.3) is 0 Å². The van der Waals surface area contributed by atoms with E-state index in [-0.39, 0.29) is 5.91 Å². The zero-order chi connectivity index (χ0) is 10.2. The lowest BCUT2D eigenvalue weighted by atomic mass is 9.74. The summed E-state index contributed by atoms with van der Waals surface area (Å²) in [6.07, 6.45) is 4.57. The first-order valence-electron chi connectivity index (χ1n) is 5.21. The van der Waals surface area contributed by atoms with E-state index in [0.717, 1.165) is 19.3 Å². The first-order chi connectivity index (χ1) is 6.67. The van der Waals surface area contributed by atoms with Crippen molar-refractivity contribution in [2.45, 2.75) is 44.1 Å². The summed E-state index contributed by atoms with van der Waals surface area (Å²) in [4.78, 5) is 24.4. The van der Waals surface area contributed by atoms with Crippen molar-refractivity contribution in [3.63, 3.8) is 0 Å². The van der Waals surface area contributed by atoms with E-state index in [1.807, 2.05) is 0 Å². The van der Waals surface area contributed by atoms with Crippen LogP contribution in [-0.4, -0.2) is 34.0 Å². The number of carboxylic acid groups (broad SMARTS) is 1. The van der Waals surface area contributed by atoms with Gasteiger partial charge in [-0.1, -0.05) is 0 Å². The number of nitrogens with zero attached hydrogens (tertiary/aromatic N) is 1. The van der Waals surface area contributed by atoms with Gasteiger partial charge in [0, 0.05) is 13.0 Å². The third kappa shape index (κ3) is 1.21. The van der Waals surface area contributed by atoms with Crippen LogP contribution in [0.15, 0.2) is 0 Å². The van der Waals surface area contributed by atoms with Crippen molar-refractivity contribution < 1.29 is 14.7 Å². The number of likely N-dealkylation sites (tertiary alicyclic amines) is 1. The fourth-order valence-electron chi connectivity index (χ4n) is 2.37. The molecule has 4 nitrogen and oxygen atoms in total. The molecule has 1 heterocycles. The summed E-state index contributed by atoms with van der Waals surface area (Å²) < 4.78 is 0. The van der Waals surface area contributed by atoms with E-state index in [1.54, 1.807) is 4.90 Å². The van der Waals surface area contributed by atoms with Crippen LogP contribution in [0.3, 0.4) is 0 Å². The van der Waals surface area contributed by atoms with Crippen LogP contribution in [-0.2, 0) is 9.59 Å². The molecule has 0 aromatic heterocycles. The summed E-state index contributed by atoms with van der Waals surface area (Å²) in [5.74, 6) is -0.794. The van der Waals surface area contributed by atoms with Crippen molar-refractivity contribution >= 4 is 11.9 Å². The lowest BCUT2D eigenvalue weighted by Gasteiger charge is -2.48. The van der Waals surface area contributed by atoms with Gasteiger partial charge in [0.15, 0.2) is 0 Å². The Morgan fingerprint density at radius 3 is 2.43 bits per heavy atom. The Balaban J connectivity index is 2.18. The summed E-state index contributed by atoms with van der Waals surface area (Å²) >= 11 is 0. The first kappa shape index (κ1) is 9.49. The third-order valence-corrected chi connectivity index (χ3v) is 3.42. The summed E-state index contributed by atoms with van der Waals surface area (Å²) in [5.41, 5.74) is -0.836. The minimum Gasteiger partial charge on any atom is -0.479 e. The molecule has 0 unspecified atom stereocenters. The molecule has 1 N–H and O–H groups in total. The Bertz CT molecular complexity index is 271. The van der Waals surface area contributed by atoms with Gasteiger partial charge in [0.1, 0.15) is 5.54 Å². The fraction of sp³-hybridized carbons (Fsp3) is 0.800. The van der Waals surface area contributed by atoms with E-state index in [9.17, 15) is 9.59 Å². The maximum absolute atomic E-state index is 11.6. The van der Waals surface area contributed by atoms with E-state index < -0.39 is 11.5 Å². The van der Waals surface area contributed by atoms with Gasteiger partial charge in [0.25, 0.3) is 0 Å². The predicted octanol–water partition coefficient (Wildman–Crippen LogP) is 1.01. The molecule has 4 heteroatoms. The van der Waals surface area contributed by atoms with Gasteiger partial charge in [-0.25, -0.2) is 4.79 Å². The average molecular weight is 197 g/mol. The van der Waals surface area contributed by atoms with Gasteiger partial charge in [0.05, 0.1) is 0 Å². The van der Waals surface area contributed by atoms with Gasteiger partial charge in [-0.2, -0.15) is 0 Å². The summed E-state index contributed by atoms with van der Waals surface area (Å²) in [6.45, 7) is 0.630. The summed E-state index contributed by atoms with van der Waals surface area (Å²) in [6, 6.07) is 0. The second-order valence-corrected chi connectivity index (χ2v) is 4.19. The number of aliphatic carboxylic acids is 1. The highest BCUT2D eigenvalue weighted by Crippen LogP contribution is 2.39. The lowest BCUT2D eigenvalue weighted by Crippen LogP contribution is -2.62. The highest BCUT2D eigenvalue weighted by molar-refractivity contribution is 5.88. The van der Waals surface area contributed by atoms with Crippen LogP contribution in [0.4, 0.5) is 0 Å². The van der Waals surface area contributed by atoms with Crippen molar-refractivity contribution in [3.8, 4) is 0 Å². The lowest BCUT2D eigenvalue weighted by molar-refractivity contribution is -0.167. The quantitative estimate of drug-likeness (QED) is 0.718. The number of rotatable bonds is 2. The highest BCUT2D eigenvalue weighted by Gasteiger charge is 2.51. The maximum Gasteiger partial charge on any atom is 0.329 e. The Kier molecular flexibility index (Phi) is 2.21. The summed E-state index contributed by atoms with van der Waals surface area (Å²) in [7, 11) is 0. The van der Waals surface area contributed by atoms with Gasteiger partial charge >= 0.3 is 5.97 Å². The monoisotopic (exact) mass is 197 g/mol. The molecule has 0 radical (unpaired) electrons.